The first-order valence-electron chi connectivity index (χ1n) is 21.4. The van der Waals surface area contributed by atoms with Crippen molar-refractivity contribution < 1.29 is 27.9 Å². The van der Waals surface area contributed by atoms with Crippen LogP contribution in [0.4, 0.5) is 15.8 Å². The Balaban J connectivity index is 1.19. The molecule has 9 nitrogen and oxygen atoms in total. The van der Waals surface area contributed by atoms with E-state index < -0.39 is 14.1 Å². The van der Waals surface area contributed by atoms with E-state index in [0.717, 1.165) is 36.5 Å². The van der Waals surface area contributed by atoms with Gasteiger partial charge in [0.2, 0.25) is 8.32 Å². The van der Waals surface area contributed by atoms with Gasteiger partial charge >= 0.3 is 0 Å². The Morgan fingerprint density at radius 2 is 1.57 bits per heavy atom. The molecule has 2 atom stereocenters. The van der Waals surface area contributed by atoms with E-state index >= 15 is 14.0 Å². The first-order valence-corrected chi connectivity index (χ1v) is 24.3. The fourth-order valence-electron chi connectivity index (χ4n) is 8.56. The number of amides is 2. The summed E-state index contributed by atoms with van der Waals surface area (Å²) in [4.78, 5) is 36.4. The second-order valence-corrected chi connectivity index (χ2v) is 22.7. The summed E-state index contributed by atoms with van der Waals surface area (Å²) in [5.41, 5.74) is 6.38. The van der Waals surface area contributed by atoms with Crippen molar-refractivity contribution in [2.75, 3.05) is 44.4 Å². The number of morpholine rings is 1. The molecule has 4 heterocycles. The number of hydrogen-bond donors (Lipinski definition) is 0. The lowest BCUT2D eigenvalue weighted by Crippen LogP contribution is -2.52. The third kappa shape index (κ3) is 8.88. The molecule has 0 saturated carbocycles. The number of para-hydroxylation sites is 1. The monoisotopic (exact) mass is 840 g/mol. The first-order chi connectivity index (χ1) is 29.3. The summed E-state index contributed by atoms with van der Waals surface area (Å²) < 4.78 is 36.1. The van der Waals surface area contributed by atoms with E-state index in [1.807, 2.05) is 76.2 Å². The second kappa shape index (κ2) is 17.6. The maximum atomic E-state index is 15.6. The van der Waals surface area contributed by atoms with Crippen LogP contribution in [-0.2, 0) is 35.4 Å². The molecule has 0 radical (unpaired) electrons. The first kappa shape index (κ1) is 42.4. The van der Waals surface area contributed by atoms with Gasteiger partial charge in [-0.2, -0.15) is 0 Å². The molecule has 61 heavy (non-hydrogen) atoms. The van der Waals surface area contributed by atoms with Crippen LogP contribution in [0.1, 0.15) is 58.3 Å². The van der Waals surface area contributed by atoms with Gasteiger partial charge < -0.3 is 23.4 Å². The van der Waals surface area contributed by atoms with E-state index in [4.69, 9.17) is 13.9 Å². The lowest BCUT2D eigenvalue weighted by atomic mass is 9.92. The highest BCUT2D eigenvalue weighted by molar-refractivity contribution is 6.74. The summed E-state index contributed by atoms with van der Waals surface area (Å²) in [6, 6.07) is 31.7. The summed E-state index contributed by atoms with van der Waals surface area (Å²) >= 11 is 0. The molecule has 4 aromatic carbocycles. The molecule has 3 aliphatic rings. The van der Waals surface area contributed by atoms with Crippen LogP contribution in [0.5, 0.6) is 5.75 Å². The van der Waals surface area contributed by atoms with Crippen molar-refractivity contribution in [1.82, 2.24) is 14.4 Å². The fourth-order valence-corrected chi connectivity index (χ4v) is 9.59. The van der Waals surface area contributed by atoms with Crippen molar-refractivity contribution in [3.8, 4) is 17.0 Å². The Bertz CT molecular complexity index is 2390. The molecular weight excluding hydrogens is 784 g/mol. The Morgan fingerprint density at radius 3 is 2.28 bits per heavy atom. The van der Waals surface area contributed by atoms with E-state index in [2.05, 4.69) is 63.5 Å². The summed E-state index contributed by atoms with van der Waals surface area (Å²) in [6.45, 7) is 19.8. The van der Waals surface area contributed by atoms with Crippen LogP contribution in [0.25, 0.3) is 11.3 Å². The predicted molar refractivity (Wildman–Crippen MR) is 242 cm³/mol. The lowest BCUT2D eigenvalue weighted by molar-refractivity contribution is 0.0193. The Morgan fingerprint density at radius 1 is 0.885 bits per heavy atom. The van der Waals surface area contributed by atoms with Gasteiger partial charge in [-0.15, -0.1) is 6.58 Å². The van der Waals surface area contributed by atoms with Crippen molar-refractivity contribution >= 4 is 31.5 Å². The van der Waals surface area contributed by atoms with Crippen molar-refractivity contribution in [2.24, 2.45) is 0 Å². The number of carbonyl (C=O) groups excluding carboxylic acids is 2. The van der Waals surface area contributed by atoms with Gasteiger partial charge in [0.15, 0.2) is 0 Å². The Hall–Kier alpha value is -5.33. The molecule has 5 aromatic rings. The molecule has 0 N–H and O–H groups in total. The average molecular weight is 841 g/mol. The number of hydrogen-bond acceptors (Lipinski definition) is 6. The Kier molecular flexibility index (Phi) is 12.2. The largest absolute Gasteiger partial charge is 0.544 e. The zero-order valence-corrected chi connectivity index (χ0v) is 37.0. The number of anilines is 2. The van der Waals surface area contributed by atoms with Crippen LogP contribution in [0.2, 0.25) is 18.1 Å². The van der Waals surface area contributed by atoms with E-state index in [1.54, 1.807) is 17.0 Å². The van der Waals surface area contributed by atoms with Crippen LogP contribution in [0, 0.1) is 5.82 Å². The fraction of sp³-hybridized carbons (Fsp3) is 0.360. The van der Waals surface area contributed by atoms with Crippen molar-refractivity contribution in [3.05, 3.63) is 150 Å². The summed E-state index contributed by atoms with van der Waals surface area (Å²) in [5, 5.41) is 0.0223. The highest BCUT2D eigenvalue weighted by Crippen LogP contribution is 2.40. The van der Waals surface area contributed by atoms with Gasteiger partial charge in [0.25, 0.3) is 11.8 Å². The minimum absolute atomic E-state index is 0.0223. The number of halogens is 1. The zero-order chi connectivity index (χ0) is 42.9. The summed E-state index contributed by atoms with van der Waals surface area (Å²) in [5.74, 6) is -0.120. The van der Waals surface area contributed by atoms with Gasteiger partial charge in [-0.1, -0.05) is 69.3 Å². The quantitative estimate of drug-likeness (QED) is 0.0921. The molecule has 1 unspecified atom stereocenters. The van der Waals surface area contributed by atoms with Crippen LogP contribution in [-0.4, -0.2) is 86.1 Å². The lowest BCUT2D eigenvalue weighted by Gasteiger charge is -2.40. The van der Waals surface area contributed by atoms with E-state index in [0.29, 0.717) is 79.6 Å². The van der Waals surface area contributed by atoms with Gasteiger partial charge in [0.1, 0.15) is 11.6 Å². The van der Waals surface area contributed by atoms with Crippen LogP contribution < -0.4 is 9.33 Å². The van der Waals surface area contributed by atoms with Crippen LogP contribution >= 0.6 is 0 Å². The van der Waals surface area contributed by atoms with Gasteiger partial charge in [0, 0.05) is 73.4 Å². The van der Waals surface area contributed by atoms with Gasteiger partial charge in [-0.05, 0) is 96.3 Å². The Labute approximate surface area is 360 Å². The van der Waals surface area contributed by atoms with E-state index in [1.165, 1.54) is 17.7 Å². The van der Waals surface area contributed by atoms with Crippen molar-refractivity contribution in [2.45, 2.75) is 77.0 Å². The second-order valence-electron chi connectivity index (χ2n) is 17.9. The molecular formula is C50H57FN4O5Si. The number of carbonyl (C=O) groups is 2. The zero-order valence-electron chi connectivity index (χ0n) is 36.0. The van der Waals surface area contributed by atoms with Crippen molar-refractivity contribution in [1.29, 1.82) is 0 Å². The predicted octanol–water partition coefficient (Wildman–Crippen LogP) is 9.68. The minimum atomic E-state index is -2.11. The molecule has 1 fully saturated rings. The smallest absolute Gasteiger partial charge is 0.264 e. The third-order valence-corrected chi connectivity index (χ3v) is 17.2. The van der Waals surface area contributed by atoms with E-state index in [-0.39, 0.29) is 29.0 Å². The molecule has 0 aliphatic carbocycles. The molecule has 0 spiro atoms. The number of nitrogens with zero attached hydrogens (tertiary/aromatic N) is 4. The van der Waals surface area contributed by atoms with Crippen molar-refractivity contribution in [3.63, 3.8) is 0 Å². The van der Waals surface area contributed by atoms with Gasteiger partial charge in [0.05, 0.1) is 37.2 Å². The summed E-state index contributed by atoms with van der Waals surface area (Å²) in [7, 11) is -2.11. The highest BCUT2D eigenvalue weighted by atomic mass is 28.4. The maximum absolute atomic E-state index is 15.6. The standard InChI is InChI=1S/C50H57FN4O5Si/c1-7-25-59-42-30-46-45(49(57)55(38-15-9-8-10-16-38)39-18-20-41(21-19-39)60-61(5,6)50(2,3)4)31-47(54(46)34-42)44-29-37(51)17-22-43(44)48(56)53-32-36-14-12-11-13-35(36)28-40(53)33-52-23-26-58-27-24-52/h7-22,29,31,40,42H,1,23-28,30,32-34H2,2-6H3/t40-,42?/m0/s1. The van der Waals surface area contributed by atoms with E-state index in [9.17, 15) is 0 Å². The molecule has 8 rings (SSSR count). The number of aromatic nitrogens is 1. The third-order valence-electron chi connectivity index (χ3n) is 12.9. The SMILES string of the molecule is C=CCOC1Cc2c(C(=O)N(c3ccccc3)c3ccc(O[Si](C)(C)C(C)(C)C)cc3)cc(-c3cc(F)ccc3C(=O)N3Cc4ccccc4C[C@H]3CN3CCOCC3)n2C1. The molecule has 3 aliphatic heterocycles. The van der Waals surface area contributed by atoms with Crippen LogP contribution in [0.3, 0.4) is 0 Å². The molecule has 318 valence electrons. The topological polar surface area (TPSA) is 76.5 Å². The highest BCUT2D eigenvalue weighted by Gasteiger charge is 2.40. The molecule has 11 heteroatoms. The number of rotatable bonds is 12. The maximum Gasteiger partial charge on any atom is 0.264 e. The minimum Gasteiger partial charge on any atom is -0.544 e. The number of benzene rings is 4. The number of fused-ring (bicyclic) bond motifs is 2. The normalized spacial score (nSPS) is 18.0. The summed E-state index contributed by atoms with van der Waals surface area (Å²) in [6.07, 6.45) is 2.64. The van der Waals surface area contributed by atoms with Crippen LogP contribution in [0.15, 0.2) is 116 Å². The molecule has 1 saturated heterocycles. The molecule has 2 amide bonds. The number of ether oxygens (including phenoxy) is 2. The average Bonchev–Trinajstić information content (AvgIpc) is 3.82. The van der Waals surface area contributed by atoms with Gasteiger partial charge in [-0.3, -0.25) is 19.4 Å². The molecule has 0 bridgehead atoms. The molecule has 1 aromatic heterocycles. The van der Waals surface area contributed by atoms with Gasteiger partial charge in [-0.25, -0.2) is 4.39 Å².